The highest BCUT2D eigenvalue weighted by Gasteiger charge is 2.28. The minimum atomic E-state index is -0.0372. The number of amides is 1. The molecular formula is C11H17N3O. The number of H-pyrrole nitrogens is 1. The largest absolute Gasteiger partial charge is 0.367 e. The minimum Gasteiger partial charge on any atom is -0.367 e. The van der Waals surface area contributed by atoms with Crippen LogP contribution in [0, 0.1) is 12.8 Å². The molecule has 0 bridgehead atoms. The molecule has 1 aliphatic rings. The van der Waals surface area contributed by atoms with Crippen LogP contribution in [0.15, 0.2) is 12.4 Å². The van der Waals surface area contributed by atoms with E-state index < -0.39 is 0 Å². The molecule has 1 aromatic rings. The number of aryl methyl sites for hydroxylation is 1. The van der Waals surface area contributed by atoms with Crippen LogP contribution < -0.4 is 11.1 Å². The highest BCUT2D eigenvalue weighted by atomic mass is 16.1. The summed E-state index contributed by atoms with van der Waals surface area (Å²) in [6, 6.07) is 0.119. The molecule has 1 unspecified atom stereocenters. The van der Waals surface area contributed by atoms with E-state index in [-0.39, 0.29) is 11.9 Å². The number of nitrogens with one attached hydrogen (secondary N) is 2. The Morgan fingerprint density at radius 3 is 2.93 bits per heavy atom. The number of hydrogen-bond donors (Lipinski definition) is 3. The summed E-state index contributed by atoms with van der Waals surface area (Å²) < 4.78 is 0. The Balaban J connectivity index is 1.84. The first kappa shape index (κ1) is 10.2. The Hall–Kier alpha value is -1.29. The molecule has 1 heterocycles. The molecule has 1 aromatic heterocycles. The number of aromatic nitrogens is 1. The van der Waals surface area contributed by atoms with Crippen molar-refractivity contribution in [3.8, 4) is 0 Å². The molecule has 4 heteroatoms. The normalized spacial score (nSPS) is 17.5. The first-order valence-corrected chi connectivity index (χ1v) is 5.35. The molecular weight excluding hydrogens is 190 g/mol. The van der Waals surface area contributed by atoms with Crippen molar-refractivity contribution in [3.05, 3.63) is 23.5 Å². The molecule has 0 radical (unpaired) electrons. The zero-order chi connectivity index (χ0) is 10.8. The summed E-state index contributed by atoms with van der Waals surface area (Å²) in [6.45, 7) is 2.49. The van der Waals surface area contributed by atoms with Crippen molar-refractivity contribution in [1.29, 1.82) is 0 Å². The summed E-state index contributed by atoms with van der Waals surface area (Å²) in [6.07, 6.45) is 5.95. The van der Waals surface area contributed by atoms with E-state index in [4.69, 9.17) is 5.73 Å². The molecule has 4 N–H and O–H groups in total. The van der Waals surface area contributed by atoms with Crippen LogP contribution in [0.3, 0.4) is 0 Å². The van der Waals surface area contributed by atoms with Gasteiger partial charge in [-0.15, -0.1) is 0 Å². The lowest BCUT2D eigenvalue weighted by atomic mass is 10.2. The summed E-state index contributed by atoms with van der Waals surface area (Å²) in [5.74, 6) is 0.586. The lowest BCUT2D eigenvalue weighted by Gasteiger charge is -2.11. The zero-order valence-corrected chi connectivity index (χ0v) is 8.92. The van der Waals surface area contributed by atoms with Gasteiger partial charge in [0.1, 0.15) is 0 Å². The molecule has 1 saturated carbocycles. The van der Waals surface area contributed by atoms with Crippen LogP contribution >= 0.6 is 0 Å². The molecule has 15 heavy (non-hydrogen) atoms. The second-order valence-electron chi connectivity index (χ2n) is 4.26. The molecule has 1 fully saturated rings. The first-order valence-electron chi connectivity index (χ1n) is 5.35. The van der Waals surface area contributed by atoms with Gasteiger partial charge in [-0.05, 0) is 31.2 Å². The standard InChI is InChI=1S/C11H17N3O/c1-7-4-13-5-9(7)11(15)14-6-10(12)8-2-3-8/h4-5,8,10,13H,2-3,6,12H2,1H3,(H,14,15). The van der Waals surface area contributed by atoms with Crippen molar-refractivity contribution in [2.24, 2.45) is 11.7 Å². The van der Waals surface area contributed by atoms with Crippen molar-refractivity contribution < 1.29 is 4.79 Å². The maximum Gasteiger partial charge on any atom is 0.253 e. The molecule has 0 aromatic carbocycles. The summed E-state index contributed by atoms with van der Waals surface area (Å²) in [5.41, 5.74) is 7.57. The van der Waals surface area contributed by atoms with Gasteiger partial charge in [0.05, 0.1) is 5.56 Å². The van der Waals surface area contributed by atoms with Gasteiger partial charge in [-0.1, -0.05) is 0 Å². The van der Waals surface area contributed by atoms with Crippen molar-refractivity contribution in [2.75, 3.05) is 6.54 Å². The van der Waals surface area contributed by atoms with Gasteiger partial charge in [-0.2, -0.15) is 0 Å². The number of aromatic amines is 1. The first-order chi connectivity index (χ1) is 7.18. The third kappa shape index (κ3) is 2.39. The third-order valence-corrected chi connectivity index (χ3v) is 2.92. The number of nitrogens with two attached hydrogens (primary N) is 1. The van der Waals surface area contributed by atoms with Gasteiger partial charge in [0.15, 0.2) is 0 Å². The van der Waals surface area contributed by atoms with Crippen molar-refractivity contribution in [1.82, 2.24) is 10.3 Å². The zero-order valence-electron chi connectivity index (χ0n) is 8.92. The second kappa shape index (κ2) is 4.06. The molecule has 82 valence electrons. The third-order valence-electron chi connectivity index (χ3n) is 2.92. The van der Waals surface area contributed by atoms with E-state index in [1.165, 1.54) is 12.8 Å². The molecule has 1 aliphatic carbocycles. The van der Waals surface area contributed by atoms with Gasteiger partial charge < -0.3 is 16.0 Å². The highest BCUT2D eigenvalue weighted by molar-refractivity contribution is 5.95. The fourth-order valence-corrected chi connectivity index (χ4v) is 1.68. The lowest BCUT2D eigenvalue weighted by Crippen LogP contribution is -2.38. The summed E-state index contributed by atoms with van der Waals surface area (Å²) in [4.78, 5) is 14.6. The Kier molecular flexibility index (Phi) is 2.77. The van der Waals surface area contributed by atoms with Gasteiger partial charge in [0.25, 0.3) is 5.91 Å². The van der Waals surface area contributed by atoms with Crippen molar-refractivity contribution >= 4 is 5.91 Å². The highest BCUT2D eigenvalue weighted by Crippen LogP contribution is 2.31. The number of rotatable bonds is 4. The van der Waals surface area contributed by atoms with E-state index in [0.29, 0.717) is 18.0 Å². The Bertz CT molecular complexity index is 354. The van der Waals surface area contributed by atoms with E-state index >= 15 is 0 Å². The number of carbonyl (C=O) groups excluding carboxylic acids is 1. The topological polar surface area (TPSA) is 70.9 Å². The monoisotopic (exact) mass is 207 g/mol. The van der Waals surface area contributed by atoms with Crippen LogP contribution in [0.4, 0.5) is 0 Å². The Morgan fingerprint density at radius 2 is 2.40 bits per heavy atom. The van der Waals surface area contributed by atoms with Crippen LogP contribution in [0.25, 0.3) is 0 Å². The summed E-state index contributed by atoms with van der Waals surface area (Å²) in [5, 5.41) is 2.86. The fraction of sp³-hybridized carbons (Fsp3) is 0.545. The molecule has 1 amide bonds. The number of hydrogen-bond acceptors (Lipinski definition) is 2. The predicted molar refractivity (Wildman–Crippen MR) is 58.6 cm³/mol. The fourth-order valence-electron chi connectivity index (χ4n) is 1.68. The van der Waals surface area contributed by atoms with Crippen LogP contribution in [0.2, 0.25) is 0 Å². The summed E-state index contributed by atoms with van der Waals surface area (Å²) >= 11 is 0. The van der Waals surface area contributed by atoms with Crippen LogP contribution in [-0.2, 0) is 0 Å². The quantitative estimate of drug-likeness (QED) is 0.683. The average Bonchev–Trinajstić information content (AvgIpc) is 2.98. The molecule has 0 saturated heterocycles. The van der Waals surface area contributed by atoms with E-state index in [9.17, 15) is 4.79 Å². The predicted octanol–water partition coefficient (Wildman–Crippen LogP) is 0.790. The number of carbonyl (C=O) groups is 1. The minimum absolute atomic E-state index is 0.0372. The van der Waals surface area contributed by atoms with Gasteiger partial charge >= 0.3 is 0 Å². The van der Waals surface area contributed by atoms with Crippen LogP contribution in [0.5, 0.6) is 0 Å². The van der Waals surface area contributed by atoms with E-state index in [1.54, 1.807) is 6.20 Å². The van der Waals surface area contributed by atoms with Gasteiger partial charge in [0.2, 0.25) is 0 Å². The lowest BCUT2D eigenvalue weighted by molar-refractivity contribution is 0.0950. The van der Waals surface area contributed by atoms with Gasteiger partial charge in [0, 0.05) is 25.0 Å². The van der Waals surface area contributed by atoms with Crippen LogP contribution in [0.1, 0.15) is 28.8 Å². The SMILES string of the molecule is Cc1c[nH]cc1C(=O)NCC(N)C1CC1. The molecule has 2 rings (SSSR count). The van der Waals surface area contributed by atoms with E-state index in [1.807, 2.05) is 13.1 Å². The Labute approximate surface area is 89.2 Å². The van der Waals surface area contributed by atoms with Crippen LogP contribution in [-0.4, -0.2) is 23.5 Å². The van der Waals surface area contributed by atoms with Crippen molar-refractivity contribution in [3.63, 3.8) is 0 Å². The molecule has 4 nitrogen and oxygen atoms in total. The molecule has 0 aliphatic heterocycles. The molecule has 0 spiro atoms. The smallest absolute Gasteiger partial charge is 0.253 e. The molecule has 1 atom stereocenters. The van der Waals surface area contributed by atoms with E-state index in [0.717, 1.165) is 5.56 Å². The second-order valence-corrected chi connectivity index (χ2v) is 4.26. The van der Waals surface area contributed by atoms with E-state index in [2.05, 4.69) is 10.3 Å². The maximum absolute atomic E-state index is 11.7. The summed E-state index contributed by atoms with van der Waals surface area (Å²) in [7, 11) is 0. The van der Waals surface area contributed by atoms with Gasteiger partial charge in [-0.25, -0.2) is 0 Å². The Morgan fingerprint density at radius 1 is 1.67 bits per heavy atom. The maximum atomic E-state index is 11.7. The average molecular weight is 207 g/mol. The van der Waals surface area contributed by atoms with Gasteiger partial charge in [-0.3, -0.25) is 4.79 Å². The van der Waals surface area contributed by atoms with Crippen molar-refractivity contribution in [2.45, 2.75) is 25.8 Å².